The Hall–Kier alpha value is -2.07. The number of Topliss-reactive ketones (excluding diaryl/α,β-unsaturated/α-hetero) is 1. The standard InChI is InChI=1S/C16H12FNOS/c1-10-6-7-11(17)8-12(10)14(19)9-16-18-13-4-2-3-5-15(13)20-16/h2-8H,9H2,1H3. The van der Waals surface area contributed by atoms with Gasteiger partial charge in [0, 0.05) is 5.56 Å². The number of nitrogens with zero attached hydrogens (tertiary/aromatic N) is 1. The van der Waals surface area contributed by atoms with Crippen LogP contribution in [-0.4, -0.2) is 10.8 Å². The summed E-state index contributed by atoms with van der Waals surface area (Å²) in [5, 5.41) is 0.764. The molecule has 0 aliphatic heterocycles. The minimum Gasteiger partial charge on any atom is -0.294 e. The summed E-state index contributed by atoms with van der Waals surface area (Å²) in [6.45, 7) is 1.81. The van der Waals surface area contributed by atoms with Gasteiger partial charge in [-0.25, -0.2) is 9.37 Å². The fourth-order valence-corrected chi connectivity index (χ4v) is 3.09. The van der Waals surface area contributed by atoms with Gasteiger partial charge < -0.3 is 0 Å². The number of aryl methyl sites for hydroxylation is 1. The lowest BCUT2D eigenvalue weighted by Crippen LogP contribution is -2.06. The van der Waals surface area contributed by atoms with E-state index in [0.29, 0.717) is 5.56 Å². The zero-order chi connectivity index (χ0) is 14.1. The van der Waals surface area contributed by atoms with Crippen molar-refractivity contribution in [3.63, 3.8) is 0 Å². The van der Waals surface area contributed by atoms with Crippen LogP contribution in [0, 0.1) is 12.7 Å². The van der Waals surface area contributed by atoms with Gasteiger partial charge in [-0.2, -0.15) is 0 Å². The summed E-state index contributed by atoms with van der Waals surface area (Å²) in [6.07, 6.45) is 0.212. The van der Waals surface area contributed by atoms with Crippen LogP contribution in [0.25, 0.3) is 10.2 Å². The number of hydrogen-bond acceptors (Lipinski definition) is 3. The molecule has 0 radical (unpaired) electrons. The topological polar surface area (TPSA) is 30.0 Å². The summed E-state index contributed by atoms with van der Waals surface area (Å²) in [4.78, 5) is 16.7. The molecule has 0 spiro atoms. The first-order chi connectivity index (χ1) is 9.63. The number of carbonyl (C=O) groups is 1. The second kappa shape index (κ2) is 5.13. The van der Waals surface area contributed by atoms with Crippen LogP contribution in [0.5, 0.6) is 0 Å². The monoisotopic (exact) mass is 285 g/mol. The second-order valence-corrected chi connectivity index (χ2v) is 5.75. The maximum absolute atomic E-state index is 13.2. The molecule has 3 aromatic rings. The second-order valence-electron chi connectivity index (χ2n) is 4.63. The summed E-state index contributed by atoms with van der Waals surface area (Å²) < 4.78 is 14.3. The molecule has 20 heavy (non-hydrogen) atoms. The predicted molar refractivity (Wildman–Crippen MR) is 78.8 cm³/mol. The van der Waals surface area contributed by atoms with Crippen molar-refractivity contribution >= 4 is 27.3 Å². The molecular formula is C16H12FNOS. The number of halogens is 1. The van der Waals surface area contributed by atoms with Crippen LogP contribution in [0.3, 0.4) is 0 Å². The molecule has 0 aliphatic carbocycles. The van der Waals surface area contributed by atoms with Crippen molar-refractivity contribution in [3.05, 3.63) is 64.4 Å². The molecule has 0 saturated heterocycles. The van der Waals surface area contributed by atoms with Gasteiger partial charge in [-0.3, -0.25) is 4.79 Å². The van der Waals surface area contributed by atoms with Gasteiger partial charge in [0.05, 0.1) is 16.6 Å². The van der Waals surface area contributed by atoms with Gasteiger partial charge in [-0.05, 0) is 36.8 Å². The fraction of sp³-hybridized carbons (Fsp3) is 0.125. The highest BCUT2D eigenvalue weighted by Gasteiger charge is 2.13. The van der Waals surface area contributed by atoms with Gasteiger partial charge in [0.2, 0.25) is 0 Å². The van der Waals surface area contributed by atoms with E-state index in [1.165, 1.54) is 23.5 Å². The van der Waals surface area contributed by atoms with E-state index in [9.17, 15) is 9.18 Å². The average Bonchev–Trinajstić information content (AvgIpc) is 2.83. The molecule has 1 heterocycles. The molecular weight excluding hydrogens is 273 g/mol. The molecule has 0 bridgehead atoms. The van der Waals surface area contributed by atoms with Crippen molar-refractivity contribution in [2.75, 3.05) is 0 Å². The SMILES string of the molecule is Cc1ccc(F)cc1C(=O)Cc1nc2ccccc2s1. The molecule has 1 aromatic heterocycles. The Kier molecular flexibility index (Phi) is 3.32. The molecule has 0 aliphatic rings. The Bertz CT molecular complexity index is 761. The normalized spacial score (nSPS) is 10.9. The highest BCUT2D eigenvalue weighted by Crippen LogP contribution is 2.23. The lowest BCUT2D eigenvalue weighted by atomic mass is 10.0. The summed E-state index contributed by atoms with van der Waals surface area (Å²) in [5.74, 6) is -0.482. The highest BCUT2D eigenvalue weighted by atomic mass is 32.1. The molecule has 100 valence electrons. The first kappa shape index (κ1) is 12.9. The van der Waals surface area contributed by atoms with Crippen molar-refractivity contribution in [2.45, 2.75) is 13.3 Å². The Balaban J connectivity index is 1.90. The molecule has 0 atom stereocenters. The number of carbonyl (C=O) groups excluding carboxylic acids is 1. The van der Waals surface area contributed by atoms with Gasteiger partial charge in [0.25, 0.3) is 0 Å². The molecule has 0 amide bonds. The maximum Gasteiger partial charge on any atom is 0.170 e. The van der Waals surface area contributed by atoms with Crippen LogP contribution in [0.1, 0.15) is 20.9 Å². The van der Waals surface area contributed by atoms with E-state index in [0.717, 1.165) is 20.8 Å². The molecule has 0 saturated carbocycles. The first-order valence-electron chi connectivity index (χ1n) is 6.27. The summed E-state index contributed by atoms with van der Waals surface area (Å²) in [5.41, 5.74) is 2.12. The van der Waals surface area contributed by atoms with Crippen LogP contribution < -0.4 is 0 Å². The number of para-hydroxylation sites is 1. The smallest absolute Gasteiger partial charge is 0.170 e. The Morgan fingerprint density at radius 1 is 1.25 bits per heavy atom. The molecule has 2 aromatic carbocycles. The number of aromatic nitrogens is 1. The van der Waals surface area contributed by atoms with Gasteiger partial charge in [-0.1, -0.05) is 18.2 Å². The molecule has 4 heteroatoms. The fourth-order valence-electron chi connectivity index (χ4n) is 2.12. The van der Waals surface area contributed by atoms with E-state index in [1.807, 2.05) is 31.2 Å². The molecule has 0 unspecified atom stereocenters. The van der Waals surface area contributed by atoms with Crippen molar-refractivity contribution in [1.29, 1.82) is 0 Å². The summed E-state index contributed by atoms with van der Waals surface area (Å²) >= 11 is 1.50. The van der Waals surface area contributed by atoms with Crippen molar-refractivity contribution in [1.82, 2.24) is 4.98 Å². The average molecular weight is 285 g/mol. The number of benzene rings is 2. The zero-order valence-corrected chi connectivity index (χ0v) is 11.7. The third-order valence-corrected chi connectivity index (χ3v) is 4.19. The van der Waals surface area contributed by atoms with Crippen LogP contribution in [-0.2, 0) is 6.42 Å². The van der Waals surface area contributed by atoms with E-state index < -0.39 is 0 Å². The molecule has 2 nitrogen and oxygen atoms in total. The minimum absolute atomic E-state index is 0.0962. The number of thiazole rings is 1. The first-order valence-corrected chi connectivity index (χ1v) is 7.09. The number of ketones is 1. The van der Waals surface area contributed by atoms with E-state index in [2.05, 4.69) is 4.98 Å². The van der Waals surface area contributed by atoms with Crippen molar-refractivity contribution in [2.24, 2.45) is 0 Å². The van der Waals surface area contributed by atoms with Gasteiger partial charge >= 0.3 is 0 Å². The lowest BCUT2D eigenvalue weighted by Gasteiger charge is -2.03. The van der Waals surface area contributed by atoms with Gasteiger partial charge in [0.15, 0.2) is 5.78 Å². The predicted octanol–water partition coefficient (Wildman–Crippen LogP) is 4.17. The summed E-state index contributed by atoms with van der Waals surface area (Å²) in [7, 11) is 0. The van der Waals surface area contributed by atoms with Crippen molar-refractivity contribution < 1.29 is 9.18 Å². The number of fused-ring (bicyclic) bond motifs is 1. The van der Waals surface area contributed by atoms with Crippen LogP contribution in [0.4, 0.5) is 4.39 Å². The quantitative estimate of drug-likeness (QED) is 0.676. The molecule has 0 fully saturated rings. The molecule has 3 rings (SSSR count). The van der Waals surface area contributed by atoms with E-state index in [-0.39, 0.29) is 18.0 Å². The summed E-state index contributed by atoms with van der Waals surface area (Å²) in [6, 6.07) is 12.1. The Labute approximate surface area is 119 Å². The minimum atomic E-state index is -0.386. The van der Waals surface area contributed by atoms with Crippen LogP contribution in [0.2, 0.25) is 0 Å². The maximum atomic E-state index is 13.2. The van der Waals surface area contributed by atoms with Crippen LogP contribution >= 0.6 is 11.3 Å². The van der Waals surface area contributed by atoms with Crippen LogP contribution in [0.15, 0.2) is 42.5 Å². The third kappa shape index (κ3) is 2.47. The molecule has 0 N–H and O–H groups in total. The Morgan fingerprint density at radius 3 is 2.85 bits per heavy atom. The number of hydrogen-bond donors (Lipinski definition) is 0. The zero-order valence-electron chi connectivity index (χ0n) is 10.9. The van der Waals surface area contributed by atoms with E-state index in [1.54, 1.807) is 6.07 Å². The largest absolute Gasteiger partial charge is 0.294 e. The van der Waals surface area contributed by atoms with E-state index >= 15 is 0 Å². The Morgan fingerprint density at radius 2 is 2.05 bits per heavy atom. The van der Waals surface area contributed by atoms with E-state index in [4.69, 9.17) is 0 Å². The highest BCUT2D eigenvalue weighted by molar-refractivity contribution is 7.18. The van der Waals surface area contributed by atoms with Gasteiger partial charge in [0.1, 0.15) is 10.8 Å². The lowest BCUT2D eigenvalue weighted by molar-refractivity contribution is 0.0992. The van der Waals surface area contributed by atoms with Crippen molar-refractivity contribution in [3.8, 4) is 0 Å². The third-order valence-electron chi connectivity index (χ3n) is 3.15. The number of rotatable bonds is 3. The van der Waals surface area contributed by atoms with Gasteiger partial charge in [-0.15, -0.1) is 11.3 Å².